The smallest absolute Gasteiger partial charge is 0.335 e. The SMILES string of the molecule is O=C(O)c1ccc(COc2ccccc2C=Nc2ccc(I)cc2)cc1. The monoisotopic (exact) mass is 457 g/mol. The summed E-state index contributed by atoms with van der Waals surface area (Å²) in [5.74, 6) is -0.210. The summed E-state index contributed by atoms with van der Waals surface area (Å²) in [6.07, 6.45) is 1.78. The normalized spacial score (nSPS) is 10.8. The molecule has 0 aliphatic carbocycles. The molecule has 0 spiro atoms. The molecule has 0 aliphatic rings. The Balaban J connectivity index is 1.70. The zero-order valence-electron chi connectivity index (χ0n) is 13.8. The van der Waals surface area contributed by atoms with Crippen LogP contribution in [0.3, 0.4) is 0 Å². The van der Waals surface area contributed by atoms with Crippen LogP contribution in [0.5, 0.6) is 5.75 Å². The van der Waals surface area contributed by atoms with E-state index in [0.29, 0.717) is 6.61 Å². The Morgan fingerprint density at radius 1 is 1.00 bits per heavy atom. The molecule has 0 radical (unpaired) electrons. The van der Waals surface area contributed by atoms with Crippen molar-refractivity contribution < 1.29 is 14.6 Å². The van der Waals surface area contributed by atoms with Gasteiger partial charge in [-0.3, -0.25) is 4.99 Å². The summed E-state index contributed by atoms with van der Waals surface area (Å²) in [4.78, 5) is 15.4. The van der Waals surface area contributed by atoms with Crippen LogP contribution in [-0.2, 0) is 6.61 Å². The van der Waals surface area contributed by atoms with Crippen LogP contribution in [0.15, 0.2) is 77.8 Å². The number of carboxylic acids is 1. The quantitative estimate of drug-likeness (QED) is 0.403. The van der Waals surface area contributed by atoms with Crippen LogP contribution >= 0.6 is 22.6 Å². The maximum Gasteiger partial charge on any atom is 0.335 e. The molecule has 0 unspecified atom stereocenters. The molecule has 5 heteroatoms. The van der Waals surface area contributed by atoms with Crippen LogP contribution in [0.4, 0.5) is 5.69 Å². The number of carboxylic acid groups (broad SMARTS) is 1. The number of aromatic carboxylic acids is 1. The van der Waals surface area contributed by atoms with Crippen molar-refractivity contribution in [3.05, 3.63) is 93.1 Å². The zero-order valence-corrected chi connectivity index (χ0v) is 16.0. The third-order valence-corrected chi connectivity index (χ3v) is 4.41. The van der Waals surface area contributed by atoms with E-state index in [9.17, 15) is 4.79 Å². The van der Waals surface area contributed by atoms with E-state index in [1.54, 1.807) is 30.5 Å². The number of rotatable bonds is 6. The molecule has 0 aromatic heterocycles. The molecule has 0 heterocycles. The van der Waals surface area contributed by atoms with E-state index in [1.807, 2.05) is 48.5 Å². The Morgan fingerprint density at radius 3 is 2.38 bits per heavy atom. The first-order chi connectivity index (χ1) is 12.6. The number of benzene rings is 3. The second-order valence-electron chi connectivity index (χ2n) is 5.56. The van der Waals surface area contributed by atoms with Crippen LogP contribution < -0.4 is 4.74 Å². The second-order valence-corrected chi connectivity index (χ2v) is 6.81. The van der Waals surface area contributed by atoms with Gasteiger partial charge in [-0.2, -0.15) is 0 Å². The Morgan fingerprint density at radius 2 is 1.69 bits per heavy atom. The van der Waals surface area contributed by atoms with Gasteiger partial charge in [0.15, 0.2) is 0 Å². The molecule has 3 aromatic rings. The van der Waals surface area contributed by atoms with Gasteiger partial charge in [0.05, 0.1) is 11.3 Å². The van der Waals surface area contributed by atoms with Crippen LogP contribution in [0, 0.1) is 3.57 Å². The molecular weight excluding hydrogens is 441 g/mol. The number of hydrogen-bond acceptors (Lipinski definition) is 3. The predicted octanol–water partition coefficient (Wildman–Crippen LogP) is 5.32. The first-order valence-electron chi connectivity index (χ1n) is 7.95. The van der Waals surface area contributed by atoms with Crippen molar-refractivity contribution in [2.45, 2.75) is 6.61 Å². The standard InChI is InChI=1S/C21H16INO3/c22-18-9-11-19(12-10-18)23-13-17-3-1-2-4-20(17)26-14-15-5-7-16(8-6-15)21(24)25/h1-13H,14H2,(H,24,25). The van der Waals surface area contributed by atoms with Gasteiger partial charge in [0.2, 0.25) is 0 Å². The van der Waals surface area contributed by atoms with Crippen molar-refractivity contribution in [3.63, 3.8) is 0 Å². The number of carbonyl (C=O) groups is 1. The fourth-order valence-electron chi connectivity index (χ4n) is 2.29. The summed E-state index contributed by atoms with van der Waals surface area (Å²) >= 11 is 2.26. The van der Waals surface area contributed by atoms with E-state index in [0.717, 1.165) is 22.6 Å². The number of aliphatic imine (C=N–C) groups is 1. The molecule has 4 nitrogen and oxygen atoms in total. The Bertz CT molecular complexity index is 919. The summed E-state index contributed by atoms with van der Waals surface area (Å²) in [6, 6.07) is 22.3. The van der Waals surface area contributed by atoms with Gasteiger partial charge in [0.25, 0.3) is 0 Å². The van der Waals surface area contributed by atoms with E-state index in [2.05, 4.69) is 27.6 Å². The molecule has 0 amide bonds. The van der Waals surface area contributed by atoms with E-state index in [-0.39, 0.29) is 5.56 Å². The minimum atomic E-state index is -0.936. The van der Waals surface area contributed by atoms with E-state index < -0.39 is 5.97 Å². The van der Waals surface area contributed by atoms with Crippen LogP contribution in [0.2, 0.25) is 0 Å². The second kappa shape index (κ2) is 8.62. The topological polar surface area (TPSA) is 58.9 Å². The van der Waals surface area contributed by atoms with Crippen molar-refractivity contribution >= 4 is 40.5 Å². The maximum atomic E-state index is 10.9. The lowest BCUT2D eigenvalue weighted by Crippen LogP contribution is -2.00. The lowest BCUT2D eigenvalue weighted by atomic mass is 10.1. The van der Waals surface area contributed by atoms with E-state index in [1.165, 1.54) is 3.57 Å². The lowest BCUT2D eigenvalue weighted by Gasteiger charge is -2.09. The fourth-order valence-corrected chi connectivity index (χ4v) is 2.65. The largest absolute Gasteiger partial charge is 0.488 e. The highest BCUT2D eigenvalue weighted by atomic mass is 127. The van der Waals surface area contributed by atoms with E-state index >= 15 is 0 Å². The maximum absolute atomic E-state index is 10.9. The van der Waals surface area contributed by atoms with Gasteiger partial charge in [0.1, 0.15) is 12.4 Å². The van der Waals surface area contributed by atoms with Gasteiger partial charge in [-0.05, 0) is 76.7 Å². The van der Waals surface area contributed by atoms with Crippen molar-refractivity contribution in [2.24, 2.45) is 4.99 Å². The summed E-state index contributed by atoms with van der Waals surface area (Å²) in [5, 5.41) is 8.94. The molecule has 0 saturated carbocycles. The number of halogens is 1. The summed E-state index contributed by atoms with van der Waals surface area (Å²) < 4.78 is 7.06. The molecule has 0 fully saturated rings. The fraction of sp³-hybridized carbons (Fsp3) is 0.0476. The molecule has 0 saturated heterocycles. The van der Waals surface area contributed by atoms with Crippen LogP contribution in [0.1, 0.15) is 21.5 Å². The molecular formula is C21H16INO3. The van der Waals surface area contributed by atoms with Crippen molar-refractivity contribution in [1.82, 2.24) is 0 Å². The van der Waals surface area contributed by atoms with Crippen molar-refractivity contribution in [3.8, 4) is 5.75 Å². The van der Waals surface area contributed by atoms with E-state index in [4.69, 9.17) is 9.84 Å². The minimum Gasteiger partial charge on any atom is -0.488 e. The minimum absolute atomic E-state index is 0.263. The molecule has 0 aliphatic heterocycles. The van der Waals surface area contributed by atoms with Gasteiger partial charge in [0, 0.05) is 15.3 Å². The van der Waals surface area contributed by atoms with Gasteiger partial charge in [-0.1, -0.05) is 24.3 Å². The third-order valence-electron chi connectivity index (χ3n) is 3.69. The average Bonchev–Trinajstić information content (AvgIpc) is 2.67. The summed E-state index contributed by atoms with van der Waals surface area (Å²) in [7, 11) is 0. The number of hydrogen-bond donors (Lipinski definition) is 1. The molecule has 1 N–H and O–H groups in total. The van der Waals surface area contributed by atoms with Gasteiger partial charge < -0.3 is 9.84 Å². The lowest BCUT2D eigenvalue weighted by molar-refractivity contribution is 0.0697. The van der Waals surface area contributed by atoms with Gasteiger partial charge in [-0.25, -0.2) is 4.79 Å². The van der Waals surface area contributed by atoms with Crippen LogP contribution in [-0.4, -0.2) is 17.3 Å². The first-order valence-corrected chi connectivity index (χ1v) is 9.03. The van der Waals surface area contributed by atoms with Gasteiger partial charge in [-0.15, -0.1) is 0 Å². The molecule has 3 rings (SSSR count). The molecule has 0 atom stereocenters. The molecule has 3 aromatic carbocycles. The summed E-state index contributed by atoms with van der Waals surface area (Å²) in [5.41, 5.74) is 2.93. The Hall–Kier alpha value is -2.67. The average molecular weight is 457 g/mol. The zero-order chi connectivity index (χ0) is 18.4. The Kier molecular flexibility index (Phi) is 6.01. The molecule has 130 valence electrons. The number of nitrogens with zero attached hydrogens (tertiary/aromatic N) is 1. The summed E-state index contributed by atoms with van der Waals surface area (Å²) in [6.45, 7) is 0.355. The number of ether oxygens (including phenoxy) is 1. The van der Waals surface area contributed by atoms with Crippen molar-refractivity contribution in [1.29, 1.82) is 0 Å². The third kappa shape index (κ3) is 4.92. The highest BCUT2D eigenvalue weighted by Gasteiger charge is 2.04. The molecule has 0 bridgehead atoms. The predicted molar refractivity (Wildman–Crippen MR) is 111 cm³/mol. The first kappa shape index (κ1) is 18.1. The van der Waals surface area contributed by atoms with Crippen molar-refractivity contribution in [2.75, 3.05) is 0 Å². The number of para-hydroxylation sites is 1. The Labute approximate surface area is 165 Å². The molecule has 26 heavy (non-hydrogen) atoms. The van der Waals surface area contributed by atoms with Crippen LogP contribution in [0.25, 0.3) is 0 Å². The highest BCUT2D eigenvalue weighted by Crippen LogP contribution is 2.20. The van der Waals surface area contributed by atoms with Gasteiger partial charge >= 0.3 is 5.97 Å². The highest BCUT2D eigenvalue weighted by molar-refractivity contribution is 14.1.